The second-order valence-corrected chi connectivity index (χ2v) is 10.8. The molecule has 38 heavy (non-hydrogen) atoms. The number of nitrogens with one attached hydrogen (secondary N) is 1. The lowest BCUT2D eigenvalue weighted by Crippen LogP contribution is -2.54. The summed E-state index contributed by atoms with van der Waals surface area (Å²) in [5.74, 6) is -0.130. The number of hydrogen-bond acceptors (Lipinski definition) is 7. The van der Waals surface area contributed by atoms with Crippen LogP contribution >= 0.6 is 0 Å². The Kier molecular flexibility index (Phi) is 8.44. The number of amides is 3. The van der Waals surface area contributed by atoms with Crippen molar-refractivity contribution >= 4 is 29.0 Å². The van der Waals surface area contributed by atoms with E-state index in [0.717, 1.165) is 29.4 Å². The quantitative estimate of drug-likeness (QED) is 0.521. The Balaban J connectivity index is 1.51. The van der Waals surface area contributed by atoms with Crippen LogP contribution in [0.1, 0.15) is 58.7 Å². The minimum atomic E-state index is -0.753. The maximum atomic E-state index is 13.8. The fourth-order valence-corrected chi connectivity index (χ4v) is 4.75. The maximum absolute atomic E-state index is 13.8. The lowest BCUT2D eigenvalue weighted by molar-refractivity contribution is -0.151. The lowest BCUT2D eigenvalue weighted by Gasteiger charge is -2.37. The number of hydrogen-bond donors (Lipinski definition) is 1. The van der Waals surface area contributed by atoms with Crippen LogP contribution in [0.25, 0.3) is 10.9 Å². The molecule has 11 nitrogen and oxygen atoms in total. The van der Waals surface area contributed by atoms with Crippen molar-refractivity contribution in [1.82, 2.24) is 24.9 Å². The van der Waals surface area contributed by atoms with Crippen molar-refractivity contribution in [3.05, 3.63) is 30.0 Å². The van der Waals surface area contributed by atoms with Gasteiger partial charge >= 0.3 is 12.2 Å². The van der Waals surface area contributed by atoms with E-state index >= 15 is 0 Å². The molecule has 0 spiro atoms. The number of rotatable bonds is 8. The molecule has 3 amide bonds. The number of benzene rings is 1. The second-order valence-electron chi connectivity index (χ2n) is 10.8. The average Bonchev–Trinajstić information content (AvgIpc) is 3.65. The van der Waals surface area contributed by atoms with Gasteiger partial charge in [-0.1, -0.05) is 18.2 Å². The van der Waals surface area contributed by atoms with Gasteiger partial charge in [-0.3, -0.25) is 9.48 Å². The molecule has 1 aliphatic heterocycles. The van der Waals surface area contributed by atoms with Gasteiger partial charge in [0.25, 0.3) is 5.91 Å². The maximum Gasteiger partial charge on any atom is 0.410 e. The molecular formula is C27H39N5O6. The van der Waals surface area contributed by atoms with Crippen LogP contribution in [-0.2, 0) is 25.5 Å². The molecule has 0 bridgehead atoms. The van der Waals surface area contributed by atoms with Gasteiger partial charge in [0.2, 0.25) is 0 Å². The van der Waals surface area contributed by atoms with Crippen molar-refractivity contribution in [2.75, 3.05) is 33.4 Å². The van der Waals surface area contributed by atoms with E-state index < -0.39 is 23.9 Å². The number of carbonyl (C=O) groups is 3. The summed E-state index contributed by atoms with van der Waals surface area (Å²) in [5, 5.41) is 8.60. The predicted molar refractivity (Wildman–Crippen MR) is 141 cm³/mol. The first-order valence-corrected chi connectivity index (χ1v) is 13.3. The molecular weight excluding hydrogens is 490 g/mol. The van der Waals surface area contributed by atoms with E-state index in [9.17, 15) is 14.4 Å². The Morgan fingerprint density at radius 3 is 2.66 bits per heavy atom. The number of carbonyl (C=O) groups excluding carboxylic acids is 3. The summed E-state index contributed by atoms with van der Waals surface area (Å²) in [6, 6.07) is 7.80. The van der Waals surface area contributed by atoms with E-state index in [1.807, 2.05) is 61.5 Å². The highest BCUT2D eigenvalue weighted by Crippen LogP contribution is 2.37. The highest BCUT2D eigenvalue weighted by Gasteiger charge is 2.42. The Labute approximate surface area is 223 Å². The topological polar surface area (TPSA) is 115 Å². The van der Waals surface area contributed by atoms with E-state index in [1.165, 1.54) is 7.11 Å². The lowest BCUT2D eigenvalue weighted by atomic mass is 10.1. The number of aromatic nitrogens is 2. The first kappa shape index (κ1) is 27.7. The number of aryl methyl sites for hydroxylation is 1. The van der Waals surface area contributed by atoms with Crippen LogP contribution in [-0.4, -0.2) is 88.8 Å². The van der Waals surface area contributed by atoms with Crippen LogP contribution in [0.2, 0.25) is 0 Å². The van der Waals surface area contributed by atoms with Crippen LogP contribution in [0.15, 0.2) is 24.3 Å². The highest BCUT2D eigenvalue weighted by molar-refractivity contribution is 5.86. The number of methoxy groups -OCH3 is 1. The third-order valence-electron chi connectivity index (χ3n) is 6.69. The molecule has 2 aliphatic rings. The highest BCUT2D eigenvalue weighted by atomic mass is 16.6. The molecule has 0 radical (unpaired) electrons. The number of fused-ring (bicyclic) bond motifs is 1. The fourth-order valence-electron chi connectivity index (χ4n) is 4.75. The van der Waals surface area contributed by atoms with Crippen LogP contribution in [0.4, 0.5) is 9.59 Å². The van der Waals surface area contributed by atoms with Gasteiger partial charge in [-0.25, -0.2) is 9.59 Å². The molecule has 2 fully saturated rings. The van der Waals surface area contributed by atoms with Crippen molar-refractivity contribution in [3.8, 4) is 0 Å². The standard InChI is InChI=1S/C27H39N5O6/c1-18(23-20-9-6-7-10-21(20)31(29-23)14-8-13-28-25(34)36-5)32(19-11-12-19)24(33)22-17-30(15-16-37-22)26(35)38-27(2,3)4/h6-7,9-10,18-19,22H,8,11-17H2,1-5H3,(H,28,34)/t18?,22-/m1/s1. The molecule has 4 rings (SSSR count). The third-order valence-corrected chi connectivity index (χ3v) is 6.69. The van der Waals surface area contributed by atoms with E-state index in [2.05, 4.69) is 10.1 Å². The van der Waals surface area contributed by atoms with Crippen molar-refractivity contribution in [1.29, 1.82) is 0 Å². The molecule has 208 valence electrons. The molecule has 2 heterocycles. The molecule has 1 aliphatic carbocycles. The molecule has 1 saturated carbocycles. The average molecular weight is 530 g/mol. The summed E-state index contributed by atoms with van der Waals surface area (Å²) in [4.78, 5) is 41.3. The third kappa shape index (κ3) is 6.56. The van der Waals surface area contributed by atoms with Gasteiger partial charge < -0.3 is 29.3 Å². The Morgan fingerprint density at radius 1 is 1.24 bits per heavy atom. The monoisotopic (exact) mass is 529 g/mol. The first-order valence-electron chi connectivity index (χ1n) is 13.3. The number of para-hydroxylation sites is 1. The van der Waals surface area contributed by atoms with Crippen molar-refractivity contribution in [2.45, 2.75) is 77.3 Å². The van der Waals surface area contributed by atoms with Gasteiger partial charge in [-0.05, 0) is 53.0 Å². The Hall–Kier alpha value is -3.34. The van der Waals surface area contributed by atoms with E-state index in [0.29, 0.717) is 26.1 Å². The zero-order chi connectivity index (χ0) is 27.4. The normalized spacial score (nSPS) is 18.7. The molecule has 1 aromatic heterocycles. The van der Waals surface area contributed by atoms with Gasteiger partial charge in [0.15, 0.2) is 6.10 Å². The second kappa shape index (κ2) is 11.6. The van der Waals surface area contributed by atoms with Gasteiger partial charge in [0.1, 0.15) is 5.60 Å². The molecule has 1 saturated heterocycles. The predicted octanol–water partition coefficient (Wildman–Crippen LogP) is 3.47. The summed E-state index contributed by atoms with van der Waals surface area (Å²) in [6.07, 6.45) is 0.884. The zero-order valence-corrected chi connectivity index (χ0v) is 22.9. The van der Waals surface area contributed by atoms with Crippen LogP contribution in [0.3, 0.4) is 0 Å². The van der Waals surface area contributed by atoms with Crippen LogP contribution in [0.5, 0.6) is 0 Å². The summed E-state index contributed by atoms with van der Waals surface area (Å²) in [5.41, 5.74) is 1.18. The van der Waals surface area contributed by atoms with Crippen molar-refractivity contribution in [2.24, 2.45) is 0 Å². The van der Waals surface area contributed by atoms with Crippen molar-refractivity contribution in [3.63, 3.8) is 0 Å². The van der Waals surface area contributed by atoms with Gasteiger partial charge in [0.05, 0.1) is 37.5 Å². The minimum Gasteiger partial charge on any atom is -0.453 e. The van der Waals surface area contributed by atoms with E-state index in [-0.39, 0.29) is 31.1 Å². The van der Waals surface area contributed by atoms with E-state index in [1.54, 1.807) is 4.90 Å². The fraction of sp³-hybridized carbons (Fsp3) is 0.630. The summed E-state index contributed by atoms with van der Waals surface area (Å²) in [6.45, 7) is 9.36. The van der Waals surface area contributed by atoms with Gasteiger partial charge in [-0.2, -0.15) is 5.10 Å². The summed E-state index contributed by atoms with van der Waals surface area (Å²) in [7, 11) is 1.34. The van der Waals surface area contributed by atoms with Crippen LogP contribution < -0.4 is 5.32 Å². The minimum absolute atomic E-state index is 0.117. The zero-order valence-electron chi connectivity index (χ0n) is 22.9. The number of nitrogens with zero attached hydrogens (tertiary/aromatic N) is 4. The summed E-state index contributed by atoms with van der Waals surface area (Å²) < 4.78 is 17.9. The smallest absolute Gasteiger partial charge is 0.410 e. The summed E-state index contributed by atoms with van der Waals surface area (Å²) >= 11 is 0. The number of alkyl carbamates (subject to hydrolysis) is 1. The molecule has 1 aromatic carbocycles. The number of morpholine rings is 1. The van der Waals surface area contributed by atoms with Crippen molar-refractivity contribution < 1.29 is 28.6 Å². The van der Waals surface area contributed by atoms with Gasteiger partial charge in [-0.15, -0.1) is 0 Å². The molecule has 11 heteroatoms. The molecule has 2 aromatic rings. The Bertz CT molecular complexity index is 1150. The molecule has 1 N–H and O–H groups in total. The van der Waals surface area contributed by atoms with Gasteiger partial charge in [0, 0.05) is 31.1 Å². The largest absolute Gasteiger partial charge is 0.453 e. The van der Waals surface area contributed by atoms with E-state index in [4.69, 9.17) is 14.6 Å². The number of ether oxygens (including phenoxy) is 3. The first-order chi connectivity index (χ1) is 18.1. The SMILES string of the molecule is COC(=O)NCCCn1nc(C(C)N(C(=O)[C@H]2CN(C(=O)OC(C)(C)C)CCO2)C2CC2)c2ccccc21. The van der Waals surface area contributed by atoms with Crippen LogP contribution in [0, 0.1) is 0 Å². The molecule has 2 atom stereocenters. The Morgan fingerprint density at radius 2 is 1.97 bits per heavy atom. The molecule has 1 unspecified atom stereocenters.